The molecule has 0 aromatic carbocycles. The Balaban J connectivity index is 2.80. The highest BCUT2D eigenvalue weighted by Crippen LogP contribution is 2.22. The minimum atomic E-state index is 0.477. The minimum absolute atomic E-state index is 0.477. The maximum atomic E-state index is 5.95. The molecule has 0 aliphatic rings. The largest absolute Gasteiger partial charge is 0.221 e. The van der Waals surface area contributed by atoms with E-state index in [4.69, 9.17) is 11.6 Å². The van der Waals surface area contributed by atoms with Gasteiger partial charge >= 0.3 is 0 Å². The van der Waals surface area contributed by atoms with Gasteiger partial charge in [-0.1, -0.05) is 23.4 Å². The molecule has 2 aromatic heterocycles. The van der Waals surface area contributed by atoms with Crippen LogP contribution in [0.5, 0.6) is 0 Å². The van der Waals surface area contributed by atoms with Gasteiger partial charge in [-0.25, -0.2) is 9.50 Å². The summed E-state index contributed by atoms with van der Waals surface area (Å²) in [5, 5.41) is 5.39. The Hall–Kier alpha value is -0.260. The Morgan fingerprint density at radius 1 is 1.54 bits per heavy atom. The maximum Gasteiger partial charge on any atom is 0.208 e. The molecule has 6 heteroatoms. The summed E-state index contributed by atoms with van der Waals surface area (Å²) in [5.74, 6) is 0. The van der Waals surface area contributed by atoms with Gasteiger partial charge in [0.1, 0.15) is 10.1 Å². The maximum absolute atomic E-state index is 5.95. The molecular weight excluding hydrogens is 274 g/mol. The highest BCUT2D eigenvalue weighted by atomic mass is 79.9. The lowest BCUT2D eigenvalue weighted by atomic mass is 10.5. The van der Waals surface area contributed by atoms with Crippen LogP contribution in [0.1, 0.15) is 0 Å². The number of hydrogen-bond acceptors (Lipinski definition) is 3. The second kappa shape index (κ2) is 3.48. The molecule has 2 heterocycles. The van der Waals surface area contributed by atoms with Crippen LogP contribution in [-0.2, 0) is 0 Å². The van der Waals surface area contributed by atoms with Crippen LogP contribution in [0, 0.1) is 0 Å². The van der Waals surface area contributed by atoms with Crippen molar-refractivity contribution in [1.29, 1.82) is 0 Å². The van der Waals surface area contributed by atoms with Crippen molar-refractivity contribution >= 4 is 44.8 Å². The summed E-state index contributed by atoms with van der Waals surface area (Å²) in [6.07, 6.45) is 1.91. The van der Waals surface area contributed by atoms with Crippen molar-refractivity contribution in [3.05, 3.63) is 21.9 Å². The van der Waals surface area contributed by atoms with Crippen LogP contribution in [0.2, 0.25) is 5.15 Å². The first-order valence-corrected chi connectivity index (χ1v) is 5.86. The molecule has 0 aliphatic heterocycles. The van der Waals surface area contributed by atoms with Crippen LogP contribution >= 0.6 is 39.3 Å². The quantitative estimate of drug-likeness (QED) is 0.752. The van der Waals surface area contributed by atoms with E-state index in [1.165, 1.54) is 11.8 Å². The molecule has 0 saturated heterocycles. The Labute approximate surface area is 92.6 Å². The fourth-order valence-electron chi connectivity index (χ4n) is 0.997. The van der Waals surface area contributed by atoms with Gasteiger partial charge in [0.05, 0.1) is 0 Å². The molecule has 0 saturated carbocycles. The van der Waals surface area contributed by atoms with Crippen LogP contribution in [-0.4, -0.2) is 20.9 Å². The van der Waals surface area contributed by atoms with Gasteiger partial charge in [0.25, 0.3) is 0 Å². The first-order chi connectivity index (χ1) is 6.22. The fraction of sp³-hybridized carbons (Fsp3) is 0.143. The SMILES string of the molecule is CSc1nc(Cl)c2ccc(Br)n2n1. The molecule has 3 nitrogen and oxygen atoms in total. The topological polar surface area (TPSA) is 30.2 Å². The monoisotopic (exact) mass is 277 g/mol. The van der Waals surface area contributed by atoms with E-state index in [-0.39, 0.29) is 0 Å². The van der Waals surface area contributed by atoms with Crippen LogP contribution < -0.4 is 0 Å². The number of nitrogens with zero attached hydrogens (tertiary/aromatic N) is 3. The Kier molecular flexibility index (Phi) is 2.49. The third-order valence-electron chi connectivity index (χ3n) is 1.58. The zero-order chi connectivity index (χ0) is 9.42. The number of aromatic nitrogens is 3. The minimum Gasteiger partial charge on any atom is -0.221 e. The first-order valence-electron chi connectivity index (χ1n) is 3.47. The zero-order valence-corrected chi connectivity index (χ0v) is 9.82. The summed E-state index contributed by atoms with van der Waals surface area (Å²) in [7, 11) is 0. The molecule has 13 heavy (non-hydrogen) atoms. The number of thioether (sulfide) groups is 1. The molecule has 0 spiro atoms. The van der Waals surface area contributed by atoms with Gasteiger partial charge in [0.2, 0.25) is 5.16 Å². The highest BCUT2D eigenvalue weighted by molar-refractivity contribution is 9.10. The average molecular weight is 279 g/mol. The summed E-state index contributed by atoms with van der Waals surface area (Å²) in [6, 6.07) is 3.76. The third-order valence-corrected chi connectivity index (χ3v) is 3.00. The molecule has 0 atom stereocenters. The second-order valence-electron chi connectivity index (χ2n) is 2.34. The predicted molar refractivity (Wildman–Crippen MR) is 57.5 cm³/mol. The lowest BCUT2D eigenvalue weighted by Crippen LogP contribution is -1.97. The summed E-state index contributed by atoms with van der Waals surface area (Å²) >= 11 is 10.8. The normalized spacial score (nSPS) is 11.0. The van der Waals surface area contributed by atoms with E-state index in [1.54, 1.807) is 4.52 Å². The van der Waals surface area contributed by atoms with Gasteiger partial charge in [-0.3, -0.25) is 0 Å². The fourth-order valence-corrected chi connectivity index (χ4v) is 2.02. The number of hydrogen-bond donors (Lipinski definition) is 0. The lowest BCUT2D eigenvalue weighted by molar-refractivity contribution is 0.788. The van der Waals surface area contributed by atoms with Gasteiger partial charge in [0, 0.05) is 0 Å². The van der Waals surface area contributed by atoms with Crippen molar-refractivity contribution in [3.63, 3.8) is 0 Å². The smallest absolute Gasteiger partial charge is 0.208 e. The van der Waals surface area contributed by atoms with Crippen molar-refractivity contribution < 1.29 is 0 Å². The van der Waals surface area contributed by atoms with Crippen molar-refractivity contribution in [2.24, 2.45) is 0 Å². The van der Waals surface area contributed by atoms with Gasteiger partial charge in [-0.05, 0) is 34.3 Å². The molecule has 68 valence electrons. The molecule has 0 amide bonds. The van der Waals surface area contributed by atoms with E-state index in [0.29, 0.717) is 10.3 Å². The second-order valence-corrected chi connectivity index (χ2v) is 4.29. The molecule has 0 fully saturated rings. The van der Waals surface area contributed by atoms with E-state index < -0.39 is 0 Å². The predicted octanol–water partition coefficient (Wildman–Crippen LogP) is 2.87. The van der Waals surface area contributed by atoms with E-state index >= 15 is 0 Å². The van der Waals surface area contributed by atoms with Gasteiger partial charge in [-0.2, -0.15) is 0 Å². The van der Waals surface area contributed by atoms with Crippen LogP contribution in [0.25, 0.3) is 5.52 Å². The van der Waals surface area contributed by atoms with Crippen molar-refractivity contribution in [3.8, 4) is 0 Å². The van der Waals surface area contributed by atoms with Gasteiger partial charge in [0.15, 0.2) is 5.15 Å². The Bertz CT molecular complexity index is 456. The van der Waals surface area contributed by atoms with Crippen molar-refractivity contribution in [1.82, 2.24) is 14.6 Å². The highest BCUT2D eigenvalue weighted by Gasteiger charge is 2.07. The standard InChI is InChI=1S/C7H5BrClN3S/c1-13-7-10-6(9)4-2-3-5(8)12(4)11-7/h2-3H,1H3. The van der Waals surface area contributed by atoms with E-state index in [9.17, 15) is 0 Å². The van der Waals surface area contributed by atoms with E-state index in [0.717, 1.165) is 10.1 Å². The average Bonchev–Trinajstić information content (AvgIpc) is 2.48. The molecule has 0 N–H and O–H groups in total. The first kappa shape index (κ1) is 9.30. The van der Waals surface area contributed by atoms with Crippen LogP contribution in [0.4, 0.5) is 0 Å². The van der Waals surface area contributed by atoms with Crippen LogP contribution in [0.15, 0.2) is 21.9 Å². The third kappa shape index (κ3) is 1.56. The molecule has 2 aromatic rings. The number of halogens is 2. The summed E-state index contributed by atoms with van der Waals surface area (Å²) < 4.78 is 2.60. The molecule has 2 rings (SSSR count). The molecule has 0 unspecified atom stereocenters. The zero-order valence-electron chi connectivity index (χ0n) is 6.66. The molecular formula is C7H5BrClN3S. The van der Waals surface area contributed by atoms with E-state index in [1.807, 2.05) is 18.4 Å². The van der Waals surface area contributed by atoms with Crippen molar-refractivity contribution in [2.45, 2.75) is 5.16 Å². The number of rotatable bonds is 1. The molecule has 0 radical (unpaired) electrons. The Morgan fingerprint density at radius 2 is 2.31 bits per heavy atom. The van der Waals surface area contributed by atoms with Crippen molar-refractivity contribution in [2.75, 3.05) is 6.26 Å². The van der Waals surface area contributed by atoms with Gasteiger partial charge < -0.3 is 0 Å². The summed E-state index contributed by atoms with van der Waals surface area (Å²) in [4.78, 5) is 4.11. The summed E-state index contributed by atoms with van der Waals surface area (Å²) in [5.41, 5.74) is 0.811. The Morgan fingerprint density at radius 3 is 3.00 bits per heavy atom. The molecule has 0 bridgehead atoms. The summed E-state index contributed by atoms with van der Waals surface area (Å²) in [6.45, 7) is 0. The van der Waals surface area contributed by atoms with E-state index in [2.05, 4.69) is 26.0 Å². The van der Waals surface area contributed by atoms with Crippen LogP contribution in [0.3, 0.4) is 0 Å². The molecule has 0 aliphatic carbocycles. The number of fused-ring (bicyclic) bond motifs is 1. The lowest BCUT2D eigenvalue weighted by Gasteiger charge is -2.00. The van der Waals surface area contributed by atoms with Gasteiger partial charge in [-0.15, -0.1) is 5.10 Å².